The van der Waals surface area contributed by atoms with Gasteiger partial charge in [-0.05, 0) is 31.8 Å². The second-order valence-electron chi connectivity index (χ2n) is 5.42. The van der Waals surface area contributed by atoms with Crippen LogP contribution in [0.4, 0.5) is 0 Å². The van der Waals surface area contributed by atoms with E-state index in [1.165, 1.54) is 12.8 Å². The Kier molecular flexibility index (Phi) is 9.34. The number of rotatable bonds is 12. The zero-order chi connectivity index (χ0) is 15.3. The number of carboxylic acids is 1. The number of hydrogen-bond donors (Lipinski definition) is 1. The summed E-state index contributed by atoms with van der Waals surface area (Å²) in [6, 6.07) is 0. The fourth-order valence-corrected chi connectivity index (χ4v) is 2.16. The van der Waals surface area contributed by atoms with Crippen molar-refractivity contribution >= 4 is 5.97 Å². The first kappa shape index (κ1) is 17.5. The van der Waals surface area contributed by atoms with Crippen LogP contribution in [0.2, 0.25) is 0 Å². The first-order valence-electron chi connectivity index (χ1n) is 8.14. The lowest BCUT2D eigenvalue weighted by Gasteiger charge is -1.97. The quantitative estimate of drug-likeness (QED) is 0.313. The number of aliphatic carboxylic acids is 1. The van der Waals surface area contributed by atoms with Gasteiger partial charge in [0.25, 0.3) is 0 Å². The molecule has 21 heavy (non-hydrogen) atoms. The highest BCUT2D eigenvalue weighted by Gasteiger charge is 2.29. The highest BCUT2D eigenvalue weighted by Crippen LogP contribution is 2.30. The van der Waals surface area contributed by atoms with Crippen LogP contribution in [0.15, 0.2) is 36.1 Å². The van der Waals surface area contributed by atoms with E-state index in [2.05, 4.69) is 37.3 Å². The zero-order valence-corrected chi connectivity index (χ0v) is 13.1. The molecule has 0 radical (unpaired) electrons. The number of carbonyl (C=O) groups is 1. The van der Waals surface area contributed by atoms with E-state index in [4.69, 9.17) is 9.84 Å². The number of allylic oxidation sites excluding steroid dienone is 4. The van der Waals surface area contributed by atoms with Crippen molar-refractivity contribution in [3.05, 3.63) is 36.1 Å². The molecular formula is C18H28O3. The summed E-state index contributed by atoms with van der Waals surface area (Å²) >= 11 is 0. The summed E-state index contributed by atoms with van der Waals surface area (Å²) in [4.78, 5) is 10.3. The molecule has 1 heterocycles. The first-order chi connectivity index (χ1) is 10.2. The summed E-state index contributed by atoms with van der Waals surface area (Å²) < 4.78 is 5.47. The number of hydrogen-bond acceptors (Lipinski definition) is 2. The summed E-state index contributed by atoms with van der Waals surface area (Å²) in [6.45, 7) is 2.13. The molecule has 0 spiro atoms. The van der Waals surface area contributed by atoms with Crippen LogP contribution in [0.3, 0.4) is 0 Å². The fraction of sp³-hybridized carbons (Fsp3) is 0.611. The van der Waals surface area contributed by atoms with E-state index in [9.17, 15) is 4.79 Å². The molecule has 0 bridgehead atoms. The SMILES string of the molecule is CC/C=C\C[C@@H]1OC1=C/C=C\CCCCCCCC(=O)O. The van der Waals surface area contributed by atoms with Crippen LogP contribution in [-0.2, 0) is 9.53 Å². The summed E-state index contributed by atoms with van der Waals surface area (Å²) in [5.74, 6) is 0.414. The van der Waals surface area contributed by atoms with Crippen molar-refractivity contribution in [2.75, 3.05) is 0 Å². The Bertz CT molecular complexity index is 380. The second-order valence-corrected chi connectivity index (χ2v) is 5.42. The lowest BCUT2D eigenvalue weighted by Crippen LogP contribution is -1.93. The molecule has 118 valence electrons. The van der Waals surface area contributed by atoms with E-state index in [1.54, 1.807) is 0 Å². The molecular weight excluding hydrogens is 264 g/mol. The van der Waals surface area contributed by atoms with Crippen molar-refractivity contribution < 1.29 is 14.6 Å². The molecule has 1 aliphatic heterocycles. The van der Waals surface area contributed by atoms with Gasteiger partial charge in [-0.15, -0.1) is 0 Å². The van der Waals surface area contributed by atoms with Gasteiger partial charge in [0.2, 0.25) is 0 Å². The van der Waals surface area contributed by atoms with E-state index in [1.807, 2.05) is 0 Å². The number of unbranched alkanes of at least 4 members (excludes halogenated alkanes) is 5. The number of epoxide rings is 1. The lowest BCUT2D eigenvalue weighted by atomic mass is 10.1. The second kappa shape index (κ2) is 11.2. The van der Waals surface area contributed by atoms with Gasteiger partial charge in [-0.1, -0.05) is 50.5 Å². The molecule has 1 fully saturated rings. The van der Waals surface area contributed by atoms with E-state index >= 15 is 0 Å². The molecule has 1 saturated heterocycles. The number of ether oxygens (including phenoxy) is 1. The van der Waals surface area contributed by atoms with Gasteiger partial charge < -0.3 is 9.84 Å². The lowest BCUT2D eigenvalue weighted by molar-refractivity contribution is -0.137. The third-order valence-electron chi connectivity index (χ3n) is 3.45. The molecule has 1 aliphatic rings. The first-order valence-corrected chi connectivity index (χ1v) is 8.14. The molecule has 3 nitrogen and oxygen atoms in total. The maximum Gasteiger partial charge on any atom is 0.303 e. The number of carboxylic acid groups (broad SMARTS) is 1. The Morgan fingerprint density at radius 3 is 2.67 bits per heavy atom. The Balaban J connectivity index is 1.92. The van der Waals surface area contributed by atoms with Crippen LogP contribution in [0, 0.1) is 0 Å². The smallest absolute Gasteiger partial charge is 0.303 e. The van der Waals surface area contributed by atoms with Gasteiger partial charge in [0.1, 0.15) is 5.76 Å². The van der Waals surface area contributed by atoms with Crippen LogP contribution in [0.5, 0.6) is 0 Å². The summed E-state index contributed by atoms with van der Waals surface area (Å²) in [7, 11) is 0. The molecule has 0 unspecified atom stereocenters. The van der Waals surface area contributed by atoms with Crippen molar-refractivity contribution in [1.82, 2.24) is 0 Å². The van der Waals surface area contributed by atoms with Crippen molar-refractivity contribution in [2.24, 2.45) is 0 Å². The largest absolute Gasteiger partial charge is 0.483 e. The normalized spacial score (nSPS) is 19.5. The van der Waals surface area contributed by atoms with Crippen molar-refractivity contribution in [3.8, 4) is 0 Å². The topological polar surface area (TPSA) is 49.8 Å². The average molecular weight is 292 g/mol. The molecule has 1 atom stereocenters. The minimum absolute atomic E-state index is 0.308. The average Bonchev–Trinajstić information content (AvgIpc) is 3.19. The third-order valence-corrected chi connectivity index (χ3v) is 3.45. The Hall–Kier alpha value is -1.51. The van der Waals surface area contributed by atoms with Crippen LogP contribution in [0.25, 0.3) is 0 Å². The molecule has 0 amide bonds. The standard InChI is InChI=1S/C18H28O3/c1-2-3-10-13-16-17(21-16)14-11-8-6-4-5-7-9-12-15-18(19)20/h3,8,10-11,14,16H,2,4-7,9,12-13,15H2,1H3,(H,19,20)/b10-3-,11-8-,17-14?/t16-/m0/s1. The predicted molar refractivity (Wildman–Crippen MR) is 86.1 cm³/mol. The summed E-state index contributed by atoms with van der Waals surface area (Å²) in [6.07, 6.45) is 19.8. The molecule has 0 aliphatic carbocycles. The maximum atomic E-state index is 10.3. The van der Waals surface area contributed by atoms with Crippen LogP contribution in [0.1, 0.15) is 64.7 Å². The summed E-state index contributed by atoms with van der Waals surface area (Å²) in [5.41, 5.74) is 0. The Morgan fingerprint density at radius 2 is 1.90 bits per heavy atom. The van der Waals surface area contributed by atoms with E-state index in [0.29, 0.717) is 12.5 Å². The Morgan fingerprint density at radius 1 is 1.14 bits per heavy atom. The van der Waals surface area contributed by atoms with Crippen molar-refractivity contribution in [2.45, 2.75) is 70.8 Å². The van der Waals surface area contributed by atoms with E-state index < -0.39 is 5.97 Å². The Labute approximate surface area is 128 Å². The molecule has 0 aromatic rings. The van der Waals surface area contributed by atoms with Gasteiger partial charge in [0, 0.05) is 12.8 Å². The third kappa shape index (κ3) is 9.94. The van der Waals surface area contributed by atoms with Gasteiger partial charge >= 0.3 is 5.97 Å². The highest BCUT2D eigenvalue weighted by atomic mass is 16.6. The molecule has 1 N–H and O–H groups in total. The molecule has 0 saturated carbocycles. The fourth-order valence-electron chi connectivity index (χ4n) is 2.16. The minimum Gasteiger partial charge on any atom is -0.483 e. The van der Waals surface area contributed by atoms with E-state index in [-0.39, 0.29) is 0 Å². The van der Waals surface area contributed by atoms with Crippen molar-refractivity contribution in [3.63, 3.8) is 0 Å². The van der Waals surface area contributed by atoms with Crippen LogP contribution in [-0.4, -0.2) is 17.2 Å². The van der Waals surface area contributed by atoms with Gasteiger partial charge in [-0.2, -0.15) is 0 Å². The molecule has 0 aromatic heterocycles. The van der Waals surface area contributed by atoms with Gasteiger partial charge in [-0.3, -0.25) is 4.79 Å². The van der Waals surface area contributed by atoms with Gasteiger partial charge in [0.05, 0.1) is 0 Å². The zero-order valence-electron chi connectivity index (χ0n) is 13.1. The molecule has 1 rings (SSSR count). The summed E-state index contributed by atoms with van der Waals surface area (Å²) in [5, 5.41) is 8.51. The van der Waals surface area contributed by atoms with Crippen LogP contribution < -0.4 is 0 Å². The monoisotopic (exact) mass is 292 g/mol. The van der Waals surface area contributed by atoms with E-state index in [0.717, 1.165) is 44.3 Å². The molecule has 3 heteroatoms. The molecule has 0 aromatic carbocycles. The van der Waals surface area contributed by atoms with Crippen LogP contribution >= 0.6 is 0 Å². The van der Waals surface area contributed by atoms with Gasteiger partial charge in [-0.25, -0.2) is 0 Å². The highest BCUT2D eigenvalue weighted by molar-refractivity contribution is 5.66. The predicted octanol–water partition coefficient (Wildman–Crippen LogP) is 5.00. The maximum absolute atomic E-state index is 10.3. The van der Waals surface area contributed by atoms with Crippen molar-refractivity contribution in [1.29, 1.82) is 0 Å². The van der Waals surface area contributed by atoms with Gasteiger partial charge in [0.15, 0.2) is 6.10 Å². The minimum atomic E-state index is -0.684.